The molecule has 3 aromatic rings. The van der Waals surface area contributed by atoms with E-state index in [0.29, 0.717) is 5.56 Å². The van der Waals surface area contributed by atoms with Crippen molar-refractivity contribution < 1.29 is 9.53 Å². The summed E-state index contributed by atoms with van der Waals surface area (Å²) in [7, 11) is 0. The van der Waals surface area contributed by atoms with Crippen molar-refractivity contribution in [3.8, 4) is 17.6 Å². The number of hydrogen-bond acceptors (Lipinski definition) is 3. The molecular weight excluding hydrogens is 348 g/mol. The average Bonchev–Trinajstić information content (AvgIpc) is 2.69. The van der Waals surface area contributed by atoms with E-state index in [1.54, 1.807) is 6.20 Å². The van der Waals surface area contributed by atoms with E-state index < -0.39 is 0 Å². The molecule has 1 heterocycles. The monoisotopic (exact) mass is 372 g/mol. The zero-order valence-corrected chi connectivity index (χ0v) is 16.5. The molecule has 142 valence electrons. The zero-order chi connectivity index (χ0) is 20.0. The van der Waals surface area contributed by atoms with Crippen molar-refractivity contribution in [2.24, 2.45) is 0 Å². The number of benzene rings is 2. The largest absolute Gasteiger partial charge is 0.481 e. The summed E-state index contributed by atoms with van der Waals surface area (Å²) in [5, 5.41) is 3.87. The zero-order valence-electron chi connectivity index (χ0n) is 16.5. The van der Waals surface area contributed by atoms with Crippen LogP contribution in [0.2, 0.25) is 0 Å². The van der Waals surface area contributed by atoms with Gasteiger partial charge < -0.3 is 10.1 Å². The van der Waals surface area contributed by atoms with Crippen LogP contribution in [0, 0.1) is 11.8 Å². The Morgan fingerprint density at radius 2 is 1.86 bits per heavy atom. The van der Waals surface area contributed by atoms with Crippen LogP contribution in [0.15, 0.2) is 60.8 Å². The maximum absolute atomic E-state index is 12.2. The van der Waals surface area contributed by atoms with E-state index in [9.17, 15) is 4.79 Å². The van der Waals surface area contributed by atoms with Crippen LogP contribution in [0.5, 0.6) is 5.75 Å². The Labute approximate surface area is 165 Å². The first-order valence-corrected chi connectivity index (χ1v) is 9.25. The molecule has 1 amide bonds. The molecule has 0 aliphatic carbocycles. The number of rotatable bonds is 4. The molecule has 0 bridgehead atoms. The van der Waals surface area contributed by atoms with Crippen molar-refractivity contribution in [3.63, 3.8) is 0 Å². The molecule has 0 atom stereocenters. The molecule has 3 rings (SSSR count). The molecule has 0 aliphatic rings. The number of carbonyl (C=O) groups is 1. The van der Waals surface area contributed by atoms with Crippen LogP contribution in [0.1, 0.15) is 36.7 Å². The van der Waals surface area contributed by atoms with Crippen molar-refractivity contribution in [2.45, 2.75) is 26.2 Å². The van der Waals surface area contributed by atoms with E-state index >= 15 is 0 Å². The van der Waals surface area contributed by atoms with Crippen molar-refractivity contribution in [3.05, 3.63) is 71.9 Å². The average molecular weight is 372 g/mol. The molecule has 4 heteroatoms. The van der Waals surface area contributed by atoms with Gasteiger partial charge in [-0.3, -0.25) is 9.78 Å². The van der Waals surface area contributed by atoms with Crippen molar-refractivity contribution in [1.82, 2.24) is 10.3 Å². The van der Waals surface area contributed by atoms with E-state index in [1.807, 2.05) is 54.6 Å². The summed E-state index contributed by atoms with van der Waals surface area (Å²) in [4.78, 5) is 16.5. The Kier molecular flexibility index (Phi) is 5.96. The number of nitrogens with one attached hydrogen (secondary N) is 1. The summed E-state index contributed by atoms with van der Waals surface area (Å²) in [5.74, 6) is 6.41. The van der Waals surface area contributed by atoms with Gasteiger partial charge in [0.15, 0.2) is 0 Å². The summed E-state index contributed by atoms with van der Waals surface area (Å²) in [5.41, 5.74) is 2.79. The second-order valence-electron chi connectivity index (χ2n) is 7.51. The van der Waals surface area contributed by atoms with Gasteiger partial charge in [0.2, 0.25) is 0 Å². The molecule has 0 aliphatic heterocycles. The lowest BCUT2D eigenvalue weighted by molar-refractivity contribution is 0.0958. The maximum atomic E-state index is 12.2. The molecular formula is C24H24N2O2. The number of pyridine rings is 1. The summed E-state index contributed by atoms with van der Waals surface area (Å²) in [6, 6.07) is 17.3. The van der Waals surface area contributed by atoms with Crippen molar-refractivity contribution in [1.29, 1.82) is 0 Å². The van der Waals surface area contributed by atoms with E-state index in [4.69, 9.17) is 4.74 Å². The van der Waals surface area contributed by atoms with Gasteiger partial charge in [-0.2, -0.15) is 0 Å². The standard InChI is InChI=1S/C24H24N2O2/c1-24(2,3)20-11-8-19(9-12-20)23(27)26-14-4-5-16-28-21-13-10-18-7-6-15-25-22(18)17-21/h6-13,15,17H,14,16H2,1-3H3,(H,26,27). The number of aromatic nitrogens is 1. The second kappa shape index (κ2) is 8.58. The Bertz CT molecular complexity index is 1020. The highest BCUT2D eigenvalue weighted by Gasteiger charge is 2.13. The molecule has 28 heavy (non-hydrogen) atoms. The maximum Gasteiger partial charge on any atom is 0.252 e. The van der Waals surface area contributed by atoms with Gasteiger partial charge in [-0.1, -0.05) is 50.8 Å². The van der Waals surface area contributed by atoms with Crippen LogP contribution < -0.4 is 10.1 Å². The van der Waals surface area contributed by atoms with Crippen molar-refractivity contribution >= 4 is 16.8 Å². The molecule has 1 N–H and O–H groups in total. The van der Waals surface area contributed by atoms with Crippen LogP contribution in [0.4, 0.5) is 0 Å². The van der Waals surface area contributed by atoms with E-state index in [0.717, 1.165) is 16.7 Å². The number of carbonyl (C=O) groups excluding carboxylic acids is 1. The van der Waals surface area contributed by atoms with Crippen LogP contribution in [0.25, 0.3) is 10.9 Å². The lowest BCUT2D eigenvalue weighted by atomic mass is 9.87. The predicted octanol–water partition coefficient (Wildman–Crippen LogP) is 4.34. The normalized spacial score (nSPS) is 10.8. The third-order valence-corrected chi connectivity index (χ3v) is 4.36. The van der Waals surface area contributed by atoms with Crippen LogP contribution in [0.3, 0.4) is 0 Å². The fraction of sp³-hybridized carbons (Fsp3) is 0.250. The highest BCUT2D eigenvalue weighted by atomic mass is 16.5. The lowest BCUT2D eigenvalue weighted by Crippen LogP contribution is -2.23. The highest BCUT2D eigenvalue weighted by molar-refractivity contribution is 5.94. The summed E-state index contributed by atoms with van der Waals surface area (Å²) in [6.07, 6.45) is 1.76. The molecule has 0 unspecified atom stereocenters. The van der Waals surface area contributed by atoms with Crippen LogP contribution in [-0.4, -0.2) is 24.0 Å². The Hall–Kier alpha value is -3.32. The van der Waals surface area contributed by atoms with Gasteiger partial charge in [0, 0.05) is 23.2 Å². The SMILES string of the molecule is CC(C)(C)c1ccc(C(=O)NCC#CCOc2ccc3cccnc3c2)cc1. The molecule has 0 radical (unpaired) electrons. The summed E-state index contributed by atoms with van der Waals surface area (Å²) >= 11 is 0. The smallest absolute Gasteiger partial charge is 0.252 e. The van der Waals surface area contributed by atoms with Gasteiger partial charge in [0.1, 0.15) is 12.4 Å². The topological polar surface area (TPSA) is 51.2 Å². The molecule has 2 aromatic carbocycles. The van der Waals surface area contributed by atoms with E-state index in [-0.39, 0.29) is 24.5 Å². The lowest BCUT2D eigenvalue weighted by Gasteiger charge is -2.18. The second-order valence-corrected chi connectivity index (χ2v) is 7.51. The molecule has 1 aromatic heterocycles. The third-order valence-electron chi connectivity index (χ3n) is 4.36. The first kappa shape index (κ1) is 19.4. The fourth-order valence-electron chi connectivity index (χ4n) is 2.72. The Morgan fingerprint density at radius 1 is 1.07 bits per heavy atom. The van der Waals surface area contributed by atoms with Crippen LogP contribution >= 0.6 is 0 Å². The molecule has 0 saturated heterocycles. The quantitative estimate of drug-likeness (QED) is 0.693. The number of nitrogens with zero attached hydrogens (tertiary/aromatic N) is 1. The molecule has 0 fully saturated rings. The van der Waals surface area contributed by atoms with Gasteiger partial charge in [-0.15, -0.1) is 0 Å². The predicted molar refractivity (Wildman–Crippen MR) is 112 cm³/mol. The summed E-state index contributed by atoms with van der Waals surface area (Å²) < 4.78 is 5.62. The van der Waals surface area contributed by atoms with E-state index in [1.165, 1.54) is 5.56 Å². The van der Waals surface area contributed by atoms with E-state index in [2.05, 4.69) is 42.9 Å². The first-order valence-electron chi connectivity index (χ1n) is 9.25. The minimum Gasteiger partial charge on any atom is -0.481 e. The van der Waals surface area contributed by atoms with Gasteiger partial charge in [-0.25, -0.2) is 0 Å². The third kappa shape index (κ3) is 5.11. The van der Waals surface area contributed by atoms with Gasteiger partial charge in [0.05, 0.1) is 12.1 Å². The van der Waals surface area contributed by atoms with Crippen molar-refractivity contribution in [2.75, 3.05) is 13.2 Å². The number of ether oxygens (including phenoxy) is 1. The number of amides is 1. The minimum atomic E-state index is -0.128. The molecule has 0 saturated carbocycles. The molecule has 4 nitrogen and oxygen atoms in total. The number of fused-ring (bicyclic) bond motifs is 1. The number of hydrogen-bond donors (Lipinski definition) is 1. The molecule has 0 spiro atoms. The Morgan fingerprint density at radius 3 is 2.61 bits per heavy atom. The highest BCUT2D eigenvalue weighted by Crippen LogP contribution is 2.22. The summed E-state index contributed by atoms with van der Waals surface area (Å²) in [6.45, 7) is 6.98. The van der Waals surface area contributed by atoms with Crippen LogP contribution in [-0.2, 0) is 5.41 Å². The minimum absolute atomic E-state index is 0.0710. The fourth-order valence-corrected chi connectivity index (χ4v) is 2.72. The van der Waals surface area contributed by atoms with Gasteiger partial charge in [-0.05, 0) is 41.3 Å². The van der Waals surface area contributed by atoms with Gasteiger partial charge >= 0.3 is 0 Å². The first-order chi connectivity index (χ1) is 13.4. The Balaban J connectivity index is 1.46. The van der Waals surface area contributed by atoms with Gasteiger partial charge in [0.25, 0.3) is 5.91 Å².